The van der Waals surface area contributed by atoms with Gasteiger partial charge in [0.15, 0.2) is 0 Å². The summed E-state index contributed by atoms with van der Waals surface area (Å²) in [7, 11) is 0. The molecular formula is C28H36N2O2. The minimum Gasteiger partial charge on any atom is -0.457 e. The SMILES string of the molecule is CC.Cc1cc2nccc(Oc3cccc(C(=O)NC(C)C4CCCCC4)c3)c2cc1C. The Bertz CT molecular complexity index is 1050. The molecule has 4 heteroatoms. The van der Waals surface area contributed by atoms with Crippen molar-refractivity contribution < 1.29 is 9.53 Å². The number of amides is 1. The van der Waals surface area contributed by atoms with Crippen molar-refractivity contribution >= 4 is 16.8 Å². The number of nitrogens with zero attached hydrogens (tertiary/aromatic N) is 1. The molecular weight excluding hydrogens is 396 g/mol. The molecule has 1 atom stereocenters. The van der Waals surface area contributed by atoms with Crippen molar-refractivity contribution in [2.75, 3.05) is 0 Å². The first-order valence-corrected chi connectivity index (χ1v) is 12.0. The number of pyridine rings is 1. The second-order valence-corrected chi connectivity index (χ2v) is 8.55. The zero-order valence-electron chi connectivity index (χ0n) is 20.1. The van der Waals surface area contributed by atoms with Gasteiger partial charge >= 0.3 is 0 Å². The van der Waals surface area contributed by atoms with Gasteiger partial charge in [-0.2, -0.15) is 0 Å². The van der Waals surface area contributed by atoms with Crippen molar-refractivity contribution in [2.24, 2.45) is 5.92 Å². The summed E-state index contributed by atoms with van der Waals surface area (Å²) in [6.45, 7) is 10.3. The number of aromatic nitrogens is 1. The lowest BCUT2D eigenvalue weighted by Crippen LogP contribution is -2.38. The van der Waals surface area contributed by atoms with Crippen LogP contribution in [0.15, 0.2) is 48.7 Å². The normalized spacial score (nSPS) is 14.9. The van der Waals surface area contributed by atoms with E-state index in [2.05, 4.69) is 43.2 Å². The molecule has 1 saturated carbocycles. The summed E-state index contributed by atoms with van der Waals surface area (Å²) in [5.41, 5.74) is 3.94. The van der Waals surface area contributed by atoms with Crippen LogP contribution in [0.5, 0.6) is 11.5 Å². The van der Waals surface area contributed by atoms with Crippen molar-refractivity contribution in [1.29, 1.82) is 0 Å². The Balaban J connectivity index is 0.00000141. The van der Waals surface area contributed by atoms with Crippen LogP contribution >= 0.6 is 0 Å². The van der Waals surface area contributed by atoms with Gasteiger partial charge in [-0.3, -0.25) is 9.78 Å². The predicted molar refractivity (Wildman–Crippen MR) is 133 cm³/mol. The highest BCUT2D eigenvalue weighted by Crippen LogP contribution is 2.31. The number of nitrogens with one attached hydrogen (secondary N) is 1. The summed E-state index contributed by atoms with van der Waals surface area (Å²) >= 11 is 0. The molecule has 1 aliphatic rings. The highest BCUT2D eigenvalue weighted by molar-refractivity contribution is 5.95. The van der Waals surface area contributed by atoms with E-state index in [0.29, 0.717) is 17.2 Å². The van der Waals surface area contributed by atoms with Crippen LogP contribution in [-0.4, -0.2) is 16.9 Å². The lowest BCUT2D eigenvalue weighted by molar-refractivity contribution is 0.0919. The molecule has 1 heterocycles. The van der Waals surface area contributed by atoms with Crippen LogP contribution in [0.2, 0.25) is 0 Å². The molecule has 0 aliphatic heterocycles. The number of aryl methyl sites for hydroxylation is 2. The van der Waals surface area contributed by atoms with E-state index < -0.39 is 0 Å². The minimum absolute atomic E-state index is 0.0374. The van der Waals surface area contributed by atoms with Gasteiger partial charge < -0.3 is 10.1 Å². The number of benzene rings is 2. The van der Waals surface area contributed by atoms with E-state index in [0.717, 1.165) is 16.7 Å². The topological polar surface area (TPSA) is 51.2 Å². The van der Waals surface area contributed by atoms with Crippen LogP contribution in [-0.2, 0) is 0 Å². The molecule has 1 N–H and O–H groups in total. The Labute approximate surface area is 192 Å². The van der Waals surface area contributed by atoms with Crippen LogP contribution in [0.3, 0.4) is 0 Å². The lowest BCUT2D eigenvalue weighted by atomic mass is 9.84. The van der Waals surface area contributed by atoms with Gasteiger partial charge in [0.05, 0.1) is 5.52 Å². The van der Waals surface area contributed by atoms with E-state index in [-0.39, 0.29) is 11.9 Å². The van der Waals surface area contributed by atoms with Crippen molar-refractivity contribution in [2.45, 2.75) is 72.8 Å². The van der Waals surface area contributed by atoms with Crippen molar-refractivity contribution in [3.05, 3.63) is 65.4 Å². The van der Waals surface area contributed by atoms with E-state index >= 15 is 0 Å². The summed E-state index contributed by atoms with van der Waals surface area (Å²) in [6, 6.07) is 13.7. The first-order valence-electron chi connectivity index (χ1n) is 12.0. The number of rotatable bonds is 5. The van der Waals surface area contributed by atoms with Gasteiger partial charge in [0.2, 0.25) is 0 Å². The van der Waals surface area contributed by atoms with Gasteiger partial charge in [-0.1, -0.05) is 39.2 Å². The fourth-order valence-electron chi connectivity index (χ4n) is 4.34. The number of carbonyl (C=O) groups is 1. The second kappa shape index (κ2) is 11.1. The molecule has 1 aliphatic carbocycles. The largest absolute Gasteiger partial charge is 0.457 e. The van der Waals surface area contributed by atoms with Crippen LogP contribution in [0, 0.1) is 19.8 Å². The first kappa shape index (κ1) is 23.8. The molecule has 2 aromatic carbocycles. The van der Waals surface area contributed by atoms with Gasteiger partial charge in [0.25, 0.3) is 5.91 Å². The Morgan fingerprint density at radius 1 is 1.03 bits per heavy atom. The van der Waals surface area contributed by atoms with E-state index in [1.165, 1.54) is 43.2 Å². The summed E-state index contributed by atoms with van der Waals surface area (Å²) in [5, 5.41) is 4.17. The van der Waals surface area contributed by atoms with Gasteiger partial charge in [0.1, 0.15) is 11.5 Å². The maximum atomic E-state index is 12.8. The third-order valence-corrected chi connectivity index (χ3v) is 6.36. The molecule has 4 rings (SSSR count). The maximum Gasteiger partial charge on any atom is 0.251 e. The summed E-state index contributed by atoms with van der Waals surface area (Å²) < 4.78 is 6.18. The van der Waals surface area contributed by atoms with Crippen LogP contribution in [0.1, 0.15) is 74.4 Å². The third kappa shape index (κ3) is 5.67. The molecule has 0 spiro atoms. The Kier molecular flexibility index (Phi) is 8.26. The van der Waals surface area contributed by atoms with Crippen LogP contribution < -0.4 is 10.1 Å². The quantitative estimate of drug-likeness (QED) is 0.458. The second-order valence-electron chi connectivity index (χ2n) is 8.55. The molecule has 0 bridgehead atoms. The average molecular weight is 433 g/mol. The smallest absolute Gasteiger partial charge is 0.251 e. The molecule has 1 unspecified atom stereocenters. The number of hydrogen-bond acceptors (Lipinski definition) is 3. The predicted octanol–water partition coefficient (Wildman–Crippen LogP) is 7.37. The van der Waals surface area contributed by atoms with E-state index in [9.17, 15) is 4.79 Å². The first-order chi connectivity index (χ1) is 15.5. The van der Waals surface area contributed by atoms with Crippen LogP contribution in [0.25, 0.3) is 10.9 Å². The molecule has 170 valence electrons. The fraction of sp³-hybridized carbons (Fsp3) is 0.429. The fourth-order valence-corrected chi connectivity index (χ4v) is 4.34. The zero-order chi connectivity index (χ0) is 23.1. The molecule has 1 aromatic heterocycles. The van der Waals surface area contributed by atoms with Crippen molar-refractivity contribution in [1.82, 2.24) is 10.3 Å². The van der Waals surface area contributed by atoms with Gasteiger partial charge in [-0.25, -0.2) is 0 Å². The van der Waals surface area contributed by atoms with Gasteiger partial charge in [-0.15, -0.1) is 0 Å². The van der Waals surface area contributed by atoms with Gasteiger partial charge in [-0.05, 0) is 87.1 Å². The monoisotopic (exact) mass is 432 g/mol. The molecule has 4 nitrogen and oxygen atoms in total. The number of carbonyl (C=O) groups excluding carboxylic acids is 1. The highest BCUT2D eigenvalue weighted by Gasteiger charge is 2.22. The maximum absolute atomic E-state index is 12.8. The van der Waals surface area contributed by atoms with Crippen molar-refractivity contribution in [3.8, 4) is 11.5 Å². The molecule has 1 fully saturated rings. The van der Waals surface area contributed by atoms with E-state index in [1.54, 1.807) is 6.20 Å². The average Bonchev–Trinajstić information content (AvgIpc) is 2.82. The molecule has 0 saturated heterocycles. The summed E-state index contributed by atoms with van der Waals surface area (Å²) in [6.07, 6.45) is 8.03. The summed E-state index contributed by atoms with van der Waals surface area (Å²) in [4.78, 5) is 17.3. The molecule has 0 radical (unpaired) electrons. The van der Waals surface area contributed by atoms with Crippen LogP contribution in [0.4, 0.5) is 0 Å². The number of fused-ring (bicyclic) bond motifs is 1. The van der Waals surface area contributed by atoms with Gasteiger partial charge in [0, 0.05) is 23.2 Å². The Morgan fingerprint density at radius 3 is 2.50 bits per heavy atom. The summed E-state index contributed by atoms with van der Waals surface area (Å²) in [5.74, 6) is 1.94. The third-order valence-electron chi connectivity index (χ3n) is 6.36. The standard InChI is InChI=1S/C26H30N2O2.C2H6/c1-17-14-23-24(15-18(17)2)27-13-12-25(23)30-22-11-7-10-21(16-22)26(29)28-19(3)20-8-5-4-6-9-20;1-2/h7,10-16,19-20H,4-6,8-9H2,1-3H3,(H,28,29);1-2H3. The molecule has 3 aromatic rings. The Hall–Kier alpha value is -2.88. The number of hydrogen-bond donors (Lipinski definition) is 1. The van der Waals surface area contributed by atoms with E-state index in [1.807, 2.05) is 44.2 Å². The van der Waals surface area contributed by atoms with E-state index in [4.69, 9.17) is 4.74 Å². The Morgan fingerprint density at radius 2 is 1.75 bits per heavy atom. The zero-order valence-corrected chi connectivity index (χ0v) is 20.1. The number of ether oxygens (including phenoxy) is 1. The highest BCUT2D eigenvalue weighted by atomic mass is 16.5. The van der Waals surface area contributed by atoms with Crippen molar-refractivity contribution in [3.63, 3.8) is 0 Å². The minimum atomic E-state index is -0.0374. The molecule has 1 amide bonds. The lowest BCUT2D eigenvalue weighted by Gasteiger charge is -2.28. The molecule has 32 heavy (non-hydrogen) atoms.